The van der Waals surface area contributed by atoms with Crippen molar-refractivity contribution in [2.75, 3.05) is 33.4 Å². The van der Waals surface area contributed by atoms with Crippen LogP contribution in [0.1, 0.15) is 10.4 Å². The Morgan fingerprint density at radius 3 is 2.76 bits per heavy atom. The van der Waals surface area contributed by atoms with Crippen LogP contribution in [0, 0.1) is 0 Å². The maximum atomic E-state index is 12.3. The van der Waals surface area contributed by atoms with Crippen LogP contribution in [0.2, 0.25) is 0 Å². The molecule has 0 aromatic heterocycles. The largest absolute Gasteiger partial charge is 0.497 e. The highest BCUT2D eigenvalue weighted by molar-refractivity contribution is 9.10. The van der Waals surface area contributed by atoms with Crippen LogP contribution in [0.25, 0.3) is 0 Å². The first-order valence-electron chi connectivity index (χ1n) is 5.43. The van der Waals surface area contributed by atoms with Crippen LogP contribution in [-0.4, -0.2) is 44.2 Å². The fourth-order valence-corrected chi connectivity index (χ4v) is 2.15. The number of nitrogens with zero attached hydrogens (tertiary/aromatic N) is 1. The van der Waals surface area contributed by atoms with Crippen LogP contribution in [0.4, 0.5) is 0 Å². The van der Waals surface area contributed by atoms with Crippen LogP contribution in [0.5, 0.6) is 5.75 Å². The van der Waals surface area contributed by atoms with E-state index in [-0.39, 0.29) is 5.91 Å². The van der Waals surface area contributed by atoms with Crippen LogP contribution >= 0.6 is 15.9 Å². The van der Waals surface area contributed by atoms with Crippen LogP contribution < -0.4 is 4.74 Å². The van der Waals surface area contributed by atoms with Crippen LogP contribution in [0.15, 0.2) is 22.7 Å². The summed E-state index contributed by atoms with van der Waals surface area (Å²) in [7, 11) is 1.59. The number of carbonyl (C=O) groups excluding carboxylic acids is 1. The van der Waals surface area contributed by atoms with Gasteiger partial charge in [-0.1, -0.05) is 0 Å². The van der Waals surface area contributed by atoms with Gasteiger partial charge in [0.25, 0.3) is 5.91 Å². The SMILES string of the molecule is COc1ccc(Br)c(C(=O)N2CCOCC2)c1. The van der Waals surface area contributed by atoms with Crippen molar-refractivity contribution in [1.82, 2.24) is 4.90 Å². The second kappa shape index (κ2) is 5.51. The summed E-state index contributed by atoms with van der Waals surface area (Å²) in [6.07, 6.45) is 0. The van der Waals surface area contributed by atoms with E-state index < -0.39 is 0 Å². The number of halogens is 1. The molecule has 0 spiro atoms. The van der Waals surface area contributed by atoms with Gasteiger partial charge in [0, 0.05) is 17.6 Å². The molecule has 17 heavy (non-hydrogen) atoms. The summed E-state index contributed by atoms with van der Waals surface area (Å²) < 4.78 is 11.1. The number of methoxy groups -OCH3 is 1. The highest BCUT2D eigenvalue weighted by atomic mass is 79.9. The molecule has 1 aromatic carbocycles. The number of hydrogen-bond donors (Lipinski definition) is 0. The van der Waals surface area contributed by atoms with Gasteiger partial charge in [-0.05, 0) is 34.1 Å². The number of morpholine rings is 1. The molecule has 0 N–H and O–H groups in total. The minimum Gasteiger partial charge on any atom is -0.497 e. The molecule has 1 amide bonds. The summed E-state index contributed by atoms with van der Waals surface area (Å²) >= 11 is 3.39. The van der Waals surface area contributed by atoms with E-state index >= 15 is 0 Å². The molecule has 0 unspecified atom stereocenters. The Hall–Kier alpha value is -1.07. The van der Waals surface area contributed by atoms with E-state index in [4.69, 9.17) is 9.47 Å². The van der Waals surface area contributed by atoms with Gasteiger partial charge in [-0.2, -0.15) is 0 Å². The average Bonchev–Trinajstić information content (AvgIpc) is 2.39. The van der Waals surface area contributed by atoms with Crippen molar-refractivity contribution in [2.45, 2.75) is 0 Å². The highest BCUT2D eigenvalue weighted by Crippen LogP contribution is 2.24. The quantitative estimate of drug-likeness (QED) is 0.838. The second-order valence-corrected chi connectivity index (χ2v) is 4.60. The Bertz CT molecular complexity index is 416. The molecule has 0 radical (unpaired) electrons. The van der Waals surface area contributed by atoms with Crippen molar-refractivity contribution in [3.8, 4) is 5.75 Å². The lowest BCUT2D eigenvalue weighted by atomic mass is 10.2. The fraction of sp³-hybridized carbons (Fsp3) is 0.417. The summed E-state index contributed by atoms with van der Waals surface area (Å²) in [5.74, 6) is 0.698. The molecule has 1 saturated heterocycles. The molecule has 5 heteroatoms. The zero-order valence-corrected chi connectivity index (χ0v) is 11.2. The van der Waals surface area contributed by atoms with Crippen LogP contribution in [0.3, 0.4) is 0 Å². The Morgan fingerprint density at radius 2 is 2.12 bits per heavy atom. The molecule has 1 heterocycles. The molecule has 0 aliphatic carbocycles. The monoisotopic (exact) mass is 299 g/mol. The Balaban J connectivity index is 2.22. The molecule has 1 aromatic rings. The molecular formula is C12H14BrNO3. The normalized spacial score (nSPS) is 15.8. The smallest absolute Gasteiger partial charge is 0.255 e. The van der Waals surface area contributed by atoms with Gasteiger partial charge in [0.1, 0.15) is 5.75 Å². The summed E-state index contributed by atoms with van der Waals surface area (Å²) in [4.78, 5) is 14.1. The first kappa shape index (κ1) is 12.4. The number of carbonyl (C=O) groups is 1. The number of ether oxygens (including phenoxy) is 2. The summed E-state index contributed by atoms with van der Waals surface area (Å²) in [5, 5.41) is 0. The first-order valence-corrected chi connectivity index (χ1v) is 6.22. The molecule has 0 atom stereocenters. The zero-order valence-electron chi connectivity index (χ0n) is 9.61. The molecule has 1 aliphatic heterocycles. The fourth-order valence-electron chi connectivity index (χ4n) is 1.73. The van der Waals surface area contributed by atoms with Crippen molar-refractivity contribution >= 4 is 21.8 Å². The van der Waals surface area contributed by atoms with Gasteiger partial charge in [0.05, 0.1) is 25.9 Å². The number of rotatable bonds is 2. The van der Waals surface area contributed by atoms with Gasteiger partial charge in [0.2, 0.25) is 0 Å². The van der Waals surface area contributed by atoms with Crippen molar-refractivity contribution in [3.05, 3.63) is 28.2 Å². The molecule has 1 fully saturated rings. The summed E-state index contributed by atoms with van der Waals surface area (Å²) in [5.41, 5.74) is 0.631. The van der Waals surface area contributed by atoms with Crippen molar-refractivity contribution < 1.29 is 14.3 Å². The Kier molecular flexibility index (Phi) is 4.02. The van der Waals surface area contributed by atoms with E-state index in [9.17, 15) is 4.79 Å². The van der Waals surface area contributed by atoms with Gasteiger partial charge in [-0.15, -0.1) is 0 Å². The van der Waals surface area contributed by atoms with E-state index in [0.717, 1.165) is 4.47 Å². The maximum absolute atomic E-state index is 12.3. The molecule has 0 saturated carbocycles. The van der Waals surface area contributed by atoms with Crippen molar-refractivity contribution in [2.24, 2.45) is 0 Å². The predicted molar refractivity (Wildman–Crippen MR) is 67.4 cm³/mol. The van der Waals surface area contributed by atoms with Crippen molar-refractivity contribution in [1.29, 1.82) is 0 Å². The third kappa shape index (κ3) is 2.79. The topological polar surface area (TPSA) is 38.8 Å². The third-order valence-corrected chi connectivity index (χ3v) is 3.39. The molecular weight excluding hydrogens is 286 g/mol. The lowest BCUT2D eigenvalue weighted by molar-refractivity contribution is 0.0302. The molecule has 92 valence electrons. The summed E-state index contributed by atoms with van der Waals surface area (Å²) in [6, 6.07) is 5.40. The zero-order chi connectivity index (χ0) is 12.3. The van der Waals surface area contributed by atoms with Gasteiger partial charge in [-0.25, -0.2) is 0 Å². The minimum atomic E-state index is 0.0130. The van der Waals surface area contributed by atoms with Gasteiger partial charge < -0.3 is 14.4 Å². The van der Waals surface area contributed by atoms with E-state index in [1.165, 1.54) is 0 Å². The Labute approximate surface area is 109 Å². The number of hydrogen-bond acceptors (Lipinski definition) is 3. The summed E-state index contributed by atoms with van der Waals surface area (Å²) in [6.45, 7) is 2.49. The predicted octanol–water partition coefficient (Wildman–Crippen LogP) is 1.93. The third-order valence-electron chi connectivity index (χ3n) is 2.70. The number of amides is 1. The van der Waals surface area contributed by atoms with E-state index in [2.05, 4.69) is 15.9 Å². The Morgan fingerprint density at radius 1 is 1.41 bits per heavy atom. The number of benzene rings is 1. The van der Waals surface area contributed by atoms with E-state index in [1.54, 1.807) is 18.1 Å². The van der Waals surface area contributed by atoms with E-state index in [1.807, 2.05) is 12.1 Å². The molecule has 4 nitrogen and oxygen atoms in total. The lowest BCUT2D eigenvalue weighted by Crippen LogP contribution is -2.40. The molecule has 0 bridgehead atoms. The van der Waals surface area contributed by atoms with E-state index in [0.29, 0.717) is 37.6 Å². The van der Waals surface area contributed by atoms with Gasteiger partial charge in [-0.3, -0.25) is 4.79 Å². The van der Waals surface area contributed by atoms with Crippen LogP contribution in [-0.2, 0) is 4.74 Å². The second-order valence-electron chi connectivity index (χ2n) is 3.75. The molecule has 2 rings (SSSR count). The van der Waals surface area contributed by atoms with Gasteiger partial charge >= 0.3 is 0 Å². The minimum absolute atomic E-state index is 0.0130. The van der Waals surface area contributed by atoms with Crippen molar-refractivity contribution in [3.63, 3.8) is 0 Å². The average molecular weight is 300 g/mol. The highest BCUT2D eigenvalue weighted by Gasteiger charge is 2.20. The molecule has 1 aliphatic rings. The van der Waals surface area contributed by atoms with Gasteiger partial charge in [0.15, 0.2) is 0 Å². The maximum Gasteiger partial charge on any atom is 0.255 e. The first-order chi connectivity index (χ1) is 8.22. The lowest BCUT2D eigenvalue weighted by Gasteiger charge is -2.27. The standard InChI is InChI=1S/C12H14BrNO3/c1-16-9-2-3-11(13)10(8-9)12(15)14-4-6-17-7-5-14/h2-3,8H,4-7H2,1H3.